The SMILES string of the molecule is N/C(=C(/O)c1nc2ccccc2n1Cc1ccccc1)c1nc2ccccc2n1Cc1ccccc1. The van der Waals surface area contributed by atoms with E-state index in [0.717, 1.165) is 33.2 Å². The van der Waals surface area contributed by atoms with Crippen molar-refractivity contribution in [3.63, 3.8) is 0 Å². The van der Waals surface area contributed by atoms with Crippen molar-refractivity contribution in [2.45, 2.75) is 13.1 Å². The van der Waals surface area contributed by atoms with Crippen molar-refractivity contribution >= 4 is 33.5 Å². The smallest absolute Gasteiger partial charge is 0.186 e. The van der Waals surface area contributed by atoms with Gasteiger partial charge in [0, 0.05) is 13.1 Å². The maximum Gasteiger partial charge on any atom is 0.186 e. The molecule has 3 N–H and O–H groups in total. The molecule has 0 saturated carbocycles. The molecular weight excluding hydrogens is 446 g/mol. The first-order chi connectivity index (χ1) is 17.7. The lowest BCUT2D eigenvalue weighted by atomic mass is 10.2. The van der Waals surface area contributed by atoms with Gasteiger partial charge in [-0.2, -0.15) is 0 Å². The normalized spacial score (nSPS) is 12.2. The summed E-state index contributed by atoms with van der Waals surface area (Å²) in [6.45, 7) is 1.12. The van der Waals surface area contributed by atoms with E-state index in [2.05, 4.69) is 24.3 Å². The average Bonchev–Trinajstić information content (AvgIpc) is 3.48. The number of para-hydroxylation sites is 4. The number of imidazole rings is 2. The summed E-state index contributed by atoms with van der Waals surface area (Å²) in [5.41, 5.74) is 12.6. The molecule has 0 radical (unpaired) electrons. The third-order valence-electron chi connectivity index (χ3n) is 6.38. The molecule has 0 amide bonds. The number of nitrogens with zero attached hydrogens (tertiary/aromatic N) is 4. The van der Waals surface area contributed by atoms with Crippen molar-refractivity contribution in [1.82, 2.24) is 19.1 Å². The van der Waals surface area contributed by atoms with Crippen LogP contribution >= 0.6 is 0 Å². The summed E-state index contributed by atoms with van der Waals surface area (Å²) in [5.74, 6) is 0.832. The zero-order chi connectivity index (χ0) is 24.5. The highest BCUT2D eigenvalue weighted by atomic mass is 16.3. The van der Waals surface area contributed by atoms with E-state index in [1.807, 2.05) is 94.1 Å². The maximum absolute atomic E-state index is 11.5. The molecular formula is C30H25N5O. The Kier molecular flexibility index (Phi) is 5.46. The molecule has 2 heterocycles. The summed E-state index contributed by atoms with van der Waals surface area (Å²) in [5, 5.41) is 11.5. The molecule has 36 heavy (non-hydrogen) atoms. The molecule has 6 heteroatoms. The van der Waals surface area contributed by atoms with Crippen LogP contribution in [0.1, 0.15) is 22.8 Å². The quantitative estimate of drug-likeness (QED) is 0.300. The van der Waals surface area contributed by atoms with Crippen LogP contribution in [0.25, 0.3) is 33.5 Å². The zero-order valence-corrected chi connectivity index (χ0v) is 19.6. The number of rotatable bonds is 6. The van der Waals surface area contributed by atoms with E-state index in [1.54, 1.807) is 0 Å². The standard InChI is InChI=1S/C30H25N5O/c31-27(29-32-23-15-7-9-17-25(23)34(29)19-21-11-3-1-4-12-21)28(36)30-33-24-16-8-10-18-26(24)35(30)20-22-13-5-2-6-14-22/h1-18,36H,19-20,31H2/b28-27+. The molecule has 6 rings (SSSR count). The van der Waals surface area contributed by atoms with Gasteiger partial charge in [-0.3, -0.25) is 0 Å². The third kappa shape index (κ3) is 3.88. The van der Waals surface area contributed by atoms with Gasteiger partial charge in [0.2, 0.25) is 0 Å². The van der Waals surface area contributed by atoms with E-state index in [-0.39, 0.29) is 11.5 Å². The summed E-state index contributed by atoms with van der Waals surface area (Å²) >= 11 is 0. The molecule has 0 unspecified atom stereocenters. The van der Waals surface area contributed by atoms with Crippen LogP contribution in [0.3, 0.4) is 0 Å². The number of aliphatic hydroxyl groups is 1. The van der Waals surface area contributed by atoms with E-state index in [4.69, 9.17) is 15.7 Å². The van der Waals surface area contributed by atoms with Crippen molar-refractivity contribution in [3.8, 4) is 0 Å². The highest BCUT2D eigenvalue weighted by Gasteiger charge is 2.21. The molecule has 176 valence electrons. The van der Waals surface area contributed by atoms with Gasteiger partial charge in [0.25, 0.3) is 0 Å². The fourth-order valence-corrected chi connectivity index (χ4v) is 4.62. The average molecular weight is 472 g/mol. The largest absolute Gasteiger partial charge is 0.503 e. The summed E-state index contributed by atoms with van der Waals surface area (Å²) in [6.07, 6.45) is 0. The van der Waals surface area contributed by atoms with Crippen LogP contribution in [0, 0.1) is 0 Å². The lowest BCUT2D eigenvalue weighted by Gasteiger charge is -2.13. The van der Waals surface area contributed by atoms with Gasteiger partial charge >= 0.3 is 0 Å². The predicted octanol–water partition coefficient (Wildman–Crippen LogP) is 5.83. The summed E-state index contributed by atoms with van der Waals surface area (Å²) < 4.78 is 4.04. The molecule has 2 aromatic heterocycles. The Balaban J connectivity index is 1.52. The number of hydrogen-bond acceptors (Lipinski definition) is 4. The number of hydrogen-bond donors (Lipinski definition) is 2. The van der Waals surface area contributed by atoms with Gasteiger partial charge in [-0.1, -0.05) is 84.9 Å². The van der Waals surface area contributed by atoms with Gasteiger partial charge in [0.05, 0.1) is 22.1 Å². The Labute approximate surface area is 208 Å². The maximum atomic E-state index is 11.5. The molecule has 6 nitrogen and oxygen atoms in total. The lowest BCUT2D eigenvalue weighted by molar-refractivity contribution is 0.499. The van der Waals surface area contributed by atoms with E-state index in [1.165, 1.54) is 0 Å². The molecule has 0 saturated heterocycles. The van der Waals surface area contributed by atoms with Gasteiger partial charge in [0.1, 0.15) is 5.70 Å². The minimum Gasteiger partial charge on any atom is -0.503 e. The molecule has 0 aliphatic carbocycles. The third-order valence-corrected chi connectivity index (χ3v) is 6.38. The summed E-state index contributed by atoms with van der Waals surface area (Å²) in [4.78, 5) is 9.57. The first-order valence-corrected chi connectivity index (χ1v) is 11.9. The molecule has 0 aliphatic heterocycles. The number of aliphatic hydroxyl groups excluding tert-OH is 1. The van der Waals surface area contributed by atoms with Crippen molar-refractivity contribution in [2.75, 3.05) is 0 Å². The number of aromatic nitrogens is 4. The van der Waals surface area contributed by atoms with Gasteiger partial charge in [-0.15, -0.1) is 0 Å². The second kappa shape index (κ2) is 9.07. The second-order valence-electron chi connectivity index (χ2n) is 8.75. The Morgan fingerprint density at radius 2 is 1.00 bits per heavy atom. The highest BCUT2D eigenvalue weighted by Crippen LogP contribution is 2.28. The molecule has 0 spiro atoms. The Bertz CT molecular complexity index is 1570. The minimum atomic E-state index is -0.0910. The van der Waals surface area contributed by atoms with Crippen LogP contribution < -0.4 is 5.73 Å². The Morgan fingerprint density at radius 3 is 1.53 bits per heavy atom. The molecule has 4 aromatic carbocycles. The number of benzene rings is 4. The predicted molar refractivity (Wildman–Crippen MR) is 144 cm³/mol. The van der Waals surface area contributed by atoms with Crippen molar-refractivity contribution in [3.05, 3.63) is 132 Å². The fraction of sp³-hybridized carbons (Fsp3) is 0.0667. The van der Waals surface area contributed by atoms with Crippen LogP contribution in [0.4, 0.5) is 0 Å². The van der Waals surface area contributed by atoms with Crippen LogP contribution in [0.2, 0.25) is 0 Å². The van der Waals surface area contributed by atoms with Crippen molar-refractivity contribution in [2.24, 2.45) is 5.73 Å². The summed E-state index contributed by atoms with van der Waals surface area (Å²) in [7, 11) is 0. The van der Waals surface area contributed by atoms with E-state index >= 15 is 0 Å². The van der Waals surface area contributed by atoms with Crippen LogP contribution in [0.5, 0.6) is 0 Å². The molecule has 0 atom stereocenters. The second-order valence-corrected chi connectivity index (χ2v) is 8.75. The number of fused-ring (bicyclic) bond motifs is 2. The molecule has 0 bridgehead atoms. The number of nitrogens with two attached hydrogens (primary N) is 1. The van der Waals surface area contributed by atoms with Gasteiger partial charge in [-0.05, 0) is 35.4 Å². The monoisotopic (exact) mass is 471 g/mol. The van der Waals surface area contributed by atoms with E-state index in [9.17, 15) is 5.11 Å². The van der Waals surface area contributed by atoms with Crippen LogP contribution in [-0.2, 0) is 13.1 Å². The topological polar surface area (TPSA) is 81.9 Å². The van der Waals surface area contributed by atoms with E-state index < -0.39 is 0 Å². The van der Waals surface area contributed by atoms with Crippen molar-refractivity contribution < 1.29 is 5.11 Å². The molecule has 0 fully saturated rings. The van der Waals surface area contributed by atoms with Gasteiger partial charge < -0.3 is 20.0 Å². The lowest BCUT2D eigenvalue weighted by Crippen LogP contribution is -2.13. The first kappa shape index (κ1) is 21.7. The minimum absolute atomic E-state index is 0.0910. The zero-order valence-electron chi connectivity index (χ0n) is 19.6. The van der Waals surface area contributed by atoms with E-state index in [0.29, 0.717) is 24.7 Å². The first-order valence-electron chi connectivity index (χ1n) is 11.9. The fourth-order valence-electron chi connectivity index (χ4n) is 4.62. The van der Waals surface area contributed by atoms with Gasteiger partial charge in [0.15, 0.2) is 17.4 Å². The van der Waals surface area contributed by atoms with Gasteiger partial charge in [-0.25, -0.2) is 9.97 Å². The molecule has 6 aromatic rings. The highest BCUT2D eigenvalue weighted by molar-refractivity contribution is 5.88. The van der Waals surface area contributed by atoms with Crippen LogP contribution in [-0.4, -0.2) is 24.2 Å². The summed E-state index contributed by atoms with van der Waals surface area (Å²) in [6, 6.07) is 36.0. The Hall–Kier alpha value is -4.84. The van der Waals surface area contributed by atoms with Crippen molar-refractivity contribution in [1.29, 1.82) is 0 Å². The molecule has 0 aliphatic rings. The van der Waals surface area contributed by atoms with Crippen LogP contribution in [0.15, 0.2) is 109 Å². The Morgan fingerprint density at radius 1 is 0.583 bits per heavy atom.